The first-order valence-corrected chi connectivity index (χ1v) is 6.88. The molecule has 1 heterocycles. The average Bonchev–Trinajstić information content (AvgIpc) is 2.37. The summed E-state index contributed by atoms with van der Waals surface area (Å²) in [4.78, 5) is 13.3. The maximum atomic E-state index is 11.5. The average molecular weight is 242 g/mol. The van der Waals surface area contributed by atoms with E-state index >= 15 is 0 Å². The van der Waals surface area contributed by atoms with Crippen molar-refractivity contribution >= 4 is 6.09 Å². The van der Waals surface area contributed by atoms with E-state index in [1.807, 2.05) is 11.8 Å². The minimum absolute atomic E-state index is 0.159. The Labute approximate surface area is 105 Å². The highest BCUT2D eigenvalue weighted by Gasteiger charge is 2.24. The van der Waals surface area contributed by atoms with Crippen molar-refractivity contribution in [2.45, 2.75) is 58.5 Å². The second kappa shape index (κ2) is 7.54. The molecule has 1 amide bonds. The molecule has 0 aliphatic carbocycles. The highest BCUT2D eigenvalue weighted by atomic mass is 16.6. The van der Waals surface area contributed by atoms with Crippen molar-refractivity contribution in [1.82, 2.24) is 10.2 Å². The van der Waals surface area contributed by atoms with Gasteiger partial charge in [-0.15, -0.1) is 0 Å². The zero-order valence-electron chi connectivity index (χ0n) is 11.4. The third-order valence-electron chi connectivity index (χ3n) is 3.48. The molecule has 0 radical (unpaired) electrons. The topological polar surface area (TPSA) is 41.6 Å². The fraction of sp³-hybridized carbons (Fsp3) is 0.923. The molecule has 4 nitrogen and oxygen atoms in total. The van der Waals surface area contributed by atoms with Gasteiger partial charge in [0.2, 0.25) is 0 Å². The predicted molar refractivity (Wildman–Crippen MR) is 69.1 cm³/mol. The molecule has 0 bridgehead atoms. The van der Waals surface area contributed by atoms with Gasteiger partial charge in [0.15, 0.2) is 0 Å². The number of piperidine rings is 1. The number of ether oxygens (including phenoxy) is 1. The molecule has 1 rings (SSSR count). The van der Waals surface area contributed by atoms with Gasteiger partial charge in [0, 0.05) is 25.2 Å². The van der Waals surface area contributed by atoms with E-state index in [-0.39, 0.29) is 6.09 Å². The van der Waals surface area contributed by atoms with Gasteiger partial charge in [0.1, 0.15) is 0 Å². The summed E-state index contributed by atoms with van der Waals surface area (Å²) in [7, 11) is 0. The van der Waals surface area contributed by atoms with Crippen LogP contribution in [0.4, 0.5) is 4.79 Å². The molecule has 0 aromatic rings. The van der Waals surface area contributed by atoms with E-state index in [0.29, 0.717) is 18.7 Å². The summed E-state index contributed by atoms with van der Waals surface area (Å²) in [5, 5.41) is 3.67. The van der Waals surface area contributed by atoms with Gasteiger partial charge in [0.05, 0.1) is 6.61 Å². The molecule has 1 saturated heterocycles. The molecule has 4 heteroatoms. The van der Waals surface area contributed by atoms with Crippen molar-refractivity contribution in [3.8, 4) is 0 Å². The number of hydrogen-bond donors (Lipinski definition) is 1. The van der Waals surface area contributed by atoms with E-state index in [9.17, 15) is 4.79 Å². The second-order valence-corrected chi connectivity index (χ2v) is 4.64. The van der Waals surface area contributed by atoms with Crippen LogP contribution in [0.15, 0.2) is 0 Å². The third-order valence-corrected chi connectivity index (χ3v) is 3.48. The van der Waals surface area contributed by atoms with Crippen LogP contribution in [-0.4, -0.2) is 42.8 Å². The van der Waals surface area contributed by atoms with Gasteiger partial charge >= 0.3 is 6.09 Å². The van der Waals surface area contributed by atoms with E-state index in [0.717, 1.165) is 25.9 Å². The summed E-state index contributed by atoms with van der Waals surface area (Å²) in [5.74, 6) is 0. The number of carbonyl (C=O) groups excluding carboxylic acids is 1. The largest absolute Gasteiger partial charge is 0.450 e. The summed E-state index contributed by atoms with van der Waals surface area (Å²) < 4.78 is 5.01. The number of nitrogens with one attached hydrogen (secondary N) is 1. The van der Waals surface area contributed by atoms with Crippen molar-refractivity contribution in [2.75, 3.05) is 19.7 Å². The standard InChI is InChI=1S/C13H26N2O2/c1-4-11(5-2)14-12-7-9-15(10-8-12)13(16)17-6-3/h11-12,14H,4-10H2,1-3H3. The number of nitrogens with zero attached hydrogens (tertiary/aromatic N) is 1. The molecule has 0 aromatic carbocycles. The van der Waals surface area contributed by atoms with Crippen LogP contribution in [0.3, 0.4) is 0 Å². The SMILES string of the molecule is CCOC(=O)N1CCC(NC(CC)CC)CC1. The van der Waals surface area contributed by atoms with Gasteiger partial charge in [0.25, 0.3) is 0 Å². The van der Waals surface area contributed by atoms with Crippen LogP contribution in [0.25, 0.3) is 0 Å². The molecule has 0 atom stereocenters. The smallest absolute Gasteiger partial charge is 0.409 e. The fourth-order valence-electron chi connectivity index (χ4n) is 2.30. The molecule has 1 aliphatic rings. The Kier molecular flexibility index (Phi) is 6.34. The van der Waals surface area contributed by atoms with E-state index in [4.69, 9.17) is 4.74 Å². The molecule has 1 N–H and O–H groups in total. The summed E-state index contributed by atoms with van der Waals surface area (Å²) in [5.41, 5.74) is 0. The zero-order chi connectivity index (χ0) is 12.7. The zero-order valence-corrected chi connectivity index (χ0v) is 11.4. The Morgan fingerprint density at radius 1 is 1.29 bits per heavy atom. The van der Waals surface area contributed by atoms with Crippen LogP contribution in [0, 0.1) is 0 Å². The monoisotopic (exact) mass is 242 g/mol. The Morgan fingerprint density at radius 3 is 2.35 bits per heavy atom. The molecular formula is C13H26N2O2. The molecule has 0 saturated carbocycles. The lowest BCUT2D eigenvalue weighted by Gasteiger charge is -2.33. The summed E-state index contributed by atoms with van der Waals surface area (Å²) in [6, 6.07) is 1.18. The Hall–Kier alpha value is -0.770. The fourth-order valence-corrected chi connectivity index (χ4v) is 2.30. The van der Waals surface area contributed by atoms with Gasteiger partial charge in [-0.05, 0) is 32.6 Å². The maximum Gasteiger partial charge on any atom is 0.409 e. The molecule has 0 spiro atoms. The van der Waals surface area contributed by atoms with Crippen LogP contribution in [0.5, 0.6) is 0 Å². The van der Waals surface area contributed by atoms with Crippen LogP contribution < -0.4 is 5.32 Å². The van der Waals surface area contributed by atoms with Gasteiger partial charge in [-0.25, -0.2) is 4.79 Å². The predicted octanol–water partition coefficient (Wildman–Crippen LogP) is 2.39. The van der Waals surface area contributed by atoms with Crippen LogP contribution in [0.2, 0.25) is 0 Å². The Balaban J connectivity index is 2.28. The molecule has 1 aliphatic heterocycles. The van der Waals surface area contributed by atoms with Crippen LogP contribution in [0.1, 0.15) is 46.5 Å². The first kappa shape index (κ1) is 14.3. The van der Waals surface area contributed by atoms with Crippen molar-refractivity contribution in [2.24, 2.45) is 0 Å². The quantitative estimate of drug-likeness (QED) is 0.805. The van der Waals surface area contributed by atoms with Crippen LogP contribution >= 0.6 is 0 Å². The summed E-state index contributed by atoms with van der Waals surface area (Å²) in [6.45, 7) is 8.38. The molecule has 100 valence electrons. The minimum Gasteiger partial charge on any atom is -0.450 e. The van der Waals surface area contributed by atoms with E-state index < -0.39 is 0 Å². The molecular weight excluding hydrogens is 216 g/mol. The summed E-state index contributed by atoms with van der Waals surface area (Å²) in [6.07, 6.45) is 4.27. The van der Waals surface area contributed by atoms with Crippen molar-refractivity contribution in [3.63, 3.8) is 0 Å². The molecule has 1 fully saturated rings. The molecule has 0 aromatic heterocycles. The first-order chi connectivity index (χ1) is 8.21. The maximum absolute atomic E-state index is 11.5. The number of likely N-dealkylation sites (tertiary alicyclic amines) is 1. The normalized spacial score (nSPS) is 17.5. The Morgan fingerprint density at radius 2 is 1.88 bits per heavy atom. The van der Waals surface area contributed by atoms with Crippen molar-refractivity contribution < 1.29 is 9.53 Å². The lowest BCUT2D eigenvalue weighted by atomic mass is 10.0. The van der Waals surface area contributed by atoms with E-state index in [2.05, 4.69) is 19.2 Å². The van der Waals surface area contributed by atoms with Gasteiger partial charge in [-0.1, -0.05) is 13.8 Å². The minimum atomic E-state index is -0.159. The van der Waals surface area contributed by atoms with Crippen molar-refractivity contribution in [1.29, 1.82) is 0 Å². The van der Waals surface area contributed by atoms with Crippen molar-refractivity contribution in [3.05, 3.63) is 0 Å². The second-order valence-electron chi connectivity index (χ2n) is 4.64. The molecule has 0 unspecified atom stereocenters. The molecule has 17 heavy (non-hydrogen) atoms. The van der Waals surface area contributed by atoms with Crippen LogP contribution in [-0.2, 0) is 4.74 Å². The lowest BCUT2D eigenvalue weighted by molar-refractivity contribution is 0.0940. The third kappa shape index (κ3) is 4.54. The highest BCUT2D eigenvalue weighted by Crippen LogP contribution is 2.13. The van der Waals surface area contributed by atoms with E-state index in [1.54, 1.807) is 0 Å². The number of rotatable bonds is 5. The van der Waals surface area contributed by atoms with Gasteiger partial charge in [-0.3, -0.25) is 0 Å². The highest BCUT2D eigenvalue weighted by molar-refractivity contribution is 5.67. The lowest BCUT2D eigenvalue weighted by Crippen LogP contribution is -2.47. The van der Waals surface area contributed by atoms with Gasteiger partial charge < -0.3 is 15.0 Å². The van der Waals surface area contributed by atoms with Gasteiger partial charge in [-0.2, -0.15) is 0 Å². The number of amides is 1. The Bertz CT molecular complexity index is 221. The first-order valence-electron chi connectivity index (χ1n) is 6.88. The summed E-state index contributed by atoms with van der Waals surface area (Å²) >= 11 is 0. The number of carbonyl (C=O) groups is 1. The van der Waals surface area contributed by atoms with E-state index in [1.165, 1.54) is 12.8 Å². The number of hydrogen-bond acceptors (Lipinski definition) is 3.